The summed E-state index contributed by atoms with van der Waals surface area (Å²) >= 11 is 0. The van der Waals surface area contributed by atoms with Crippen LogP contribution in [-0.4, -0.2) is 9.97 Å². The molecule has 0 atom stereocenters. The second-order valence-corrected chi connectivity index (χ2v) is 15.4. The summed E-state index contributed by atoms with van der Waals surface area (Å²) in [6.07, 6.45) is 1.85. The Kier molecular flexibility index (Phi) is 7.48. The molecular formula is C53H37N3O. The average Bonchev–Trinajstić information content (AvgIpc) is 3.76. The molecule has 1 aliphatic carbocycles. The van der Waals surface area contributed by atoms with Crippen LogP contribution in [-0.2, 0) is 5.41 Å². The summed E-state index contributed by atoms with van der Waals surface area (Å²) in [5.41, 5.74) is 17.2. The second kappa shape index (κ2) is 12.9. The molecule has 4 nitrogen and oxygen atoms in total. The molecule has 0 aliphatic heterocycles. The van der Waals surface area contributed by atoms with Crippen LogP contribution in [0.2, 0.25) is 0 Å². The van der Waals surface area contributed by atoms with Crippen LogP contribution in [0.3, 0.4) is 0 Å². The third kappa shape index (κ3) is 5.29. The molecule has 0 radical (unpaired) electrons. The Morgan fingerprint density at radius 3 is 2.00 bits per heavy atom. The van der Waals surface area contributed by atoms with Crippen molar-refractivity contribution < 1.29 is 4.42 Å². The zero-order valence-electron chi connectivity index (χ0n) is 31.6. The molecule has 4 heteroatoms. The number of pyridine rings is 2. The summed E-state index contributed by atoms with van der Waals surface area (Å²) in [4.78, 5) is 12.6. The van der Waals surface area contributed by atoms with Crippen LogP contribution >= 0.6 is 0 Å². The fraction of sp³-hybridized carbons (Fsp3) is 0.0566. The predicted octanol–water partition coefficient (Wildman–Crippen LogP) is 14.3. The van der Waals surface area contributed by atoms with Crippen LogP contribution in [0.1, 0.15) is 25.0 Å². The zero-order chi connectivity index (χ0) is 38.1. The van der Waals surface area contributed by atoms with Gasteiger partial charge in [-0.1, -0.05) is 153 Å². The van der Waals surface area contributed by atoms with Gasteiger partial charge in [-0.05, 0) is 81.4 Å². The van der Waals surface area contributed by atoms with E-state index in [1.54, 1.807) is 0 Å². The lowest BCUT2D eigenvalue weighted by molar-refractivity contribution is 0.660. The Morgan fingerprint density at radius 1 is 0.509 bits per heavy atom. The Morgan fingerprint density at radius 2 is 1.16 bits per heavy atom. The molecule has 57 heavy (non-hydrogen) atoms. The molecule has 0 N–H and O–H groups in total. The molecule has 7 aromatic carbocycles. The van der Waals surface area contributed by atoms with Gasteiger partial charge in [-0.15, -0.1) is 0 Å². The minimum atomic E-state index is -0.148. The van der Waals surface area contributed by atoms with Gasteiger partial charge in [-0.25, -0.2) is 4.98 Å². The first-order chi connectivity index (χ1) is 28.0. The van der Waals surface area contributed by atoms with Gasteiger partial charge >= 0.3 is 0 Å². The van der Waals surface area contributed by atoms with Gasteiger partial charge in [0, 0.05) is 44.8 Å². The van der Waals surface area contributed by atoms with Gasteiger partial charge in [0.25, 0.3) is 0 Å². The van der Waals surface area contributed by atoms with Crippen LogP contribution in [0.25, 0.3) is 77.5 Å². The van der Waals surface area contributed by atoms with E-state index >= 15 is 0 Å². The van der Waals surface area contributed by atoms with Gasteiger partial charge in [-0.3, -0.25) is 9.88 Å². The summed E-state index contributed by atoms with van der Waals surface area (Å²) in [6, 6.07) is 64.6. The van der Waals surface area contributed by atoms with Crippen molar-refractivity contribution in [2.75, 3.05) is 4.90 Å². The van der Waals surface area contributed by atoms with Crippen molar-refractivity contribution in [1.29, 1.82) is 0 Å². The van der Waals surface area contributed by atoms with Crippen molar-refractivity contribution in [3.05, 3.63) is 199 Å². The molecule has 0 fully saturated rings. The van der Waals surface area contributed by atoms with E-state index in [1.165, 1.54) is 33.4 Å². The molecule has 0 unspecified atom stereocenters. The lowest BCUT2D eigenvalue weighted by Gasteiger charge is -2.28. The molecule has 0 spiro atoms. The maximum absolute atomic E-state index is 6.41. The number of fused-ring (bicyclic) bond motifs is 7. The molecule has 0 saturated heterocycles. The van der Waals surface area contributed by atoms with E-state index in [0.717, 1.165) is 72.4 Å². The Labute approximate surface area is 331 Å². The number of nitrogens with zero attached hydrogens (tertiary/aromatic N) is 3. The molecule has 270 valence electrons. The minimum Gasteiger partial charge on any atom is -0.455 e. The minimum absolute atomic E-state index is 0.148. The third-order valence-corrected chi connectivity index (χ3v) is 11.7. The lowest BCUT2D eigenvalue weighted by atomic mass is 9.82. The third-order valence-electron chi connectivity index (χ3n) is 11.7. The molecule has 1 aliphatic rings. The first-order valence-corrected chi connectivity index (χ1v) is 19.5. The molecular weight excluding hydrogens is 695 g/mol. The lowest BCUT2D eigenvalue weighted by Crippen LogP contribution is -2.16. The number of rotatable bonds is 6. The van der Waals surface area contributed by atoms with E-state index in [0.29, 0.717) is 0 Å². The number of hydrogen-bond donors (Lipinski definition) is 0. The fourth-order valence-electron chi connectivity index (χ4n) is 8.94. The summed E-state index contributed by atoms with van der Waals surface area (Å²) in [5.74, 6) is 0.824. The quantitative estimate of drug-likeness (QED) is 0.171. The van der Waals surface area contributed by atoms with Gasteiger partial charge in [0.05, 0.1) is 16.7 Å². The van der Waals surface area contributed by atoms with Gasteiger partial charge in [0.1, 0.15) is 17.0 Å². The van der Waals surface area contributed by atoms with E-state index in [2.05, 4.69) is 183 Å². The Bertz CT molecular complexity index is 3140. The maximum atomic E-state index is 6.41. The molecule has 3 heterocycles. The summed E-state index contributed by atoms with van der Waals surface area (Å²) in [7, 11) is 0. The fourth-order valence-corrected chi connectivity index (χ4v) is 8.94. The number of hydrogen-bond acceptors (Lipinski definition) is 4. The predicted molar refractivity (Wildman–Crippen MR) is 235 cm³/mol. The van der Waals surface area contributed by atoms with Crippen molar-refractivity contribution in [3.63, 3.8) is 0 Å². The van der Waals surface area contributed by atoms with Crippen molar-refractivity contribution in [2.45, 2.75) is 19.3 Å². The van der Waals surface area contributed by atoms with Crippen LogP contribution in [0, 0.1) is 0 Å². The highest BCUT2D eigenvalue weighted by molar-refractivity contribution is 6.09. The van der Waals surface area contributed by atoms with Gasteiger partial charge in [-0.2, -0.15) is 0 Å². The number of benzene rings is 7. The topological polar surface area (TPSA) is 42.2 Å². The summed E-state index contributed by atoms with van der Waals surface area (Å²) < 4.78 is 6.41. The molecule has 0 saturated carbocycles. The monoisotopic (exact) mass is 731 g/mol. The van der Waals surface area contributed by atoms with Crippen molar-refractivity contribution in [3.8, 4) is 44.5 Å². The van der Waals surface area contributed by atoms with Gasteiger partial charge < -0.3 is 4.42 Å². The van der Waals surface area contributed by atoms with Crippen LogP contribution in [0.5, 0.6) is 0 Å². The van der Waals surface area contributed by atoms with Gasteiger partial charge in [0.15, 0.2) is 0 Å². The molecule has 0 amide bonds. The highest BCUT2D eigenvalue weighted by atomic mass is 16.3. The van der Waals surface area contributed by atoms with E-state index in [-0.39, 0.29) is 5.41 Å². The van der Waals surface area contributed by atoms with Crippen molar-refractivity contribution >= 4 is 50.2 Å². The largest absolute Gasteiger partial charge is 0.455 e. The normalized spacial score (nSPS) is 12.9. The Hall–Kier alpha value is -7.30. The van der Waals surface area contributed by atoms with E-state index in [1.807, 2.05) is 24.4 Å². The van der Waals surface area contributed by atoms with Crippen LogP contribution < -0.4 is 4.90 Å². The second-order valence-electron chi connectivity index (χ2n) is 15.4. The standard InChI is InChI=1S/C53H37N3O/c1-53(2)44-19-8-6-16-42(44)50-45(53)20-11-22-47(50)56(38-30-28-35(29-31-38)34-13-4-3-5-14-34)49-33-43(51-46(55-49)21-12-32-54-51)37-26-24-36(25-27-37)39-17-10-18-41-40-15-7-9-23-48(40)57-52(39)41/h3-33H,1-2H3. The highest BCUT2D eigenvalue weighted by Gasteiger charge is 2.38. The average molecular weight is 732 g/mol. The van der Waals surface area contributed by atoms with E-state index in [9.17, 15) is 0 Å². The van der Waals surface area contributed by atoms with Crippen LogP contribution in [0.4, 0.5) is 17.2 Å². The highest BCUT2D eigenvalue weighted by Crippen LogP contribution is 2.54. The van der Waals surface area contributed by atoms with Crippen LogP contribution in [0.15, 0.2) is 193 Å². The number of aromatic nitrogens is 2. The summed E-state index contributed by atoms with van der Waals surface area (Å²) in [5, 5.41) is 2.25. The number of anilines is 3. The number of para-hydroxylation sites is 2. The van der Waals surface area contributed by atoms with E-state index in [4.69, 9.17) is 14.4 Å². The van der Waals surface area contributed by atoms with Gasteiger partial charge in [0.2, 0.25) is 0 Å². The molecule has 11 rings (SSSR count). The van der Waals surface area contributed by atoms with E-state index < -0.39 is 0 Å². The summed E-state index contributed by atoms with van der Waals surface area (Å²) in [6.45, 7) is 4.66. The SMILES string of the molecule is CC1(C)c2ccccc2-c2c(N(c3ccc(-c4ccccc4)cc3)c3cc(-c4ccc(-c5cccc6c5oc5ccccc56)cc4)c4ncccc4n3)cccc21. The first kappa shape index (κ1) is 33.1. The smallest absolute Gasteiger partial charge is 0.143 e. The Balaban J connectivity index is 1.09. The maximum Gasteiger partial charge on any atom is 0.143 e. The number of furan rings is 1. The zero-order valence-corrected chi connectivity index (χ0v) is 31.6. The molecule has 0 bridgehead atoms. The first-order valence-electron chi connectivity index (χ1n) is 19.5. The molecule has 10 aromatic rings. The molecule has 3 aromatic heterocycles. The van der Waals surface area contributed by atoms with Crippen molar-refractivity contribution in [2.24, 2.45) is 0 Å². The van der Waals surface area contributed by atoms with Crippen molar-refractivity contribution in [1.82, 2.24) is 9.97 Å².